The summed E-state index contributed by atoms with van der Waals surface area (Å²) in [5.74, 6) is -0.321. The van der Waals surface area contributed by atoms with Crippen molar-refractivity contribution in [2.45, 2.75) is 22.3 Å². The first-order valence-electron chi connectivity index (χ1n) is 4.71. The fourth-order valence-electron chi connectivity index (χ4n) is 1.21. The molecule has 1 aromatic carbocycles. The molecule has 0 spiro atoms. The number of aliphatic hydroxyl groups excluding tert-OH is 1. The number of aromatic nitrogens is 1. The number of halogens is 1. The van der Waals surface area contributed by atoms with Crippen LogP contribution in [0.3, 0.4) is 0 Å². The number of aliphatic hydroxyl groups is 1. The van der Waals surface area contributed by atoms with Crippen molar-refractivity contribution in [1.82, 2.24) is 4.98 Å². The Labute approximate surface area is 101 Å². The summed E-state index contributed by atoms with van der Waals surface area (Å²) in [5, 5.41) is 11.2. The second-order valence-corrected chi connectivity index (χ2v) is 5.45. The molecule has 2 rings (SSSR count). The lowest BCUT2D eigenvalue weighted by molar-refractivity contribution is 0.198. The zero-order chi connectivity index (χ0) is 11.5. The highest BCUT2D eigenvalue weighted by Crippen LogP contribution is 2.32. The van der Waals surface area contributed by atoms with Gasteiger partial charge in [0.05, 0.1) is 11.0 Å². The first kappa shape index (κ1) is 11.6. The topological polar surface area (TPSA) is 33.1 Å². The molecule has 1 aromatic heterocycles. The van der Waals surface area contributed by atoms with E-state index in [1.165, 1.54) is 29.2 Å². The van der Waals surface area contributed by atoms with Gasteiger partial charge in [-0.1, -0.05) is 17.8 Å². The fourth-order valence-corrected chi connectivity index (χ4v) is 2.80. The summed E-state index contributed by atoms with van der Waals surface area (Å²) in [4.78, 5) is 4.60. The van der Waals surface area contributed by atoms with Crippen molar-refractivity contribution >= 4 is 23.1 Å². The average Bonchev–Trinajstić information content (AvgIpc) is 2.73. The maximum atomic E-state index is 13.6. The van der Waals surface area contributed by atoms with Gasteiger partial charge in [-0.2, -0.15) is 0 Å². The molecule has 0 saturated carbocycles. The zero-order valence-corrected chi connectivity index (χ0v) is 10.2. The van der Waals surface area contributed by atoms with E-state index in [0.717, 1.165) is 4.34 Å². The lowest BCUT2D eigenvalue weighted by Gasteiger charge is -2.06. The number of hydrogen-bond acceptors (Lipinski definition) is 4. The van der Waals surface area contributed by atoms with E-state index in [0.29, 0.717) is 10.5 Å². The quantitative estimate of drug-likeness (QED) is 0.911. The molecular formula is C11H10FNOS2. The molecule has 0 aliphatic rings. The number of rotatable bonds is 3. The van der Waals surface area contributed by atoms with E-state index >= 15 is 0 Å². The van der Waals surface area contributed by atoms with E-state index in [9.17, 15) is 9.50 Å². The van der Waals surface area contributed by atoms with Gasteiger partial charge in [0.25, 0.3) is 0 Å². The fraction of sp³-hybridized carbons (Fsp3) is 0.182. The smallest absolute Gasteiger partial charge is 0.154 e. The minimum absolute atomic E-state index is 0.321. The maximum absolute atomic E-state index is 13.6. The highest BCUT2D eigenvalue weighted by Gasteiger charge is 2.09. The van der Waals surface area contributed by atoms with Crippen LogP contribution in [-0.4, -0.2) is 10.1 Å². The lowest BCUT2D eigenvalue weighted by Crippen LogP contribution is -1.92. The summed E-state index contributed by atoms with van der Waals surface area (Å²) >= 11 is 2.76. The first-order valence-corrected chi connectivity index (χ1v) is 6.41. The van der Waals surface area contributed by atoms with Crippen LogP contribution in [-0.2, 0) is 0 Å². The Morgan fingerprint density at radius 1 is 1.50 bits per heavy atom. The van der Waals surface area contributed by atoms with E-state index in [1.54, 1.807) is 25.3 Å². The molecule has 2 aromatic rings. The van der Waals surface area contributed by atoms with Gasteiger partial charge >= 0.3 is 0 Å². The summed E-state index contributed by atoms with van der Waals surface area (Å²) < 4.78 is 14.5. The summed E-state index contributed by atoms with van der Waals surface area (Å²) in [7, 11) is 0. The number of thiazole rings is 1. The van der Waals surface area contributed by atoms with Crippen LogP contribution < -0.4 is 0 Å². The Kier molecular flexibility index (Phi) is 3.58. The minimum Gasteiger partial charge on any atom is -0.389 e. The molecule has 0 unspecified atom stereocenters. The van der Waals surface area contributed by atoms with Gasteiger partial charge in [0.2, 0.25) is 0 Å². The number of benzene rings is 1. The molecule has 0 amide bonds. The van der Waals surface area contributed by atoms with Gasteiger partial charge in [0, 0.05) is 11.6 Å². The van der Waals surface area contributed by atoms with Gasteiger partial charge in [0.1, 0.15) is 5.82 Å². The highest BCUT2D eigenvalue weighted by molar-refractivity contribution is 8.01. The zero-order valence-electron chi connectivity index (χ0n) is 8.55. The van der Waals surface area contributed by atoms with Crippen LogP contribution in [0.15, 0.2) is 39.0 Å². The molecule has 2 nitrogen and oxygen atoms in total. The molecule has 1 heterocycles. The van der Waals surface area contributed by atoms with Crippen molar-refractivity contribution in [3.8, 4) is 0 Å². The Morgan fingerprint density at radius 2 is 2.31 bits per heavy atom. The number of nitrogens with zero attached hydrogens (tertiary/aromatic N) is 1. The second-order valence-electron chi connectivity index (χ2n) is 3.27. The van der Waals surface area contributed by atoms with Crippen molar-refractivity contribution in [1.29, 1.82) is 0 Å². The van der Waals surface area contributed by atoms with Gasteiger partial charge in [-0.3, -0.25) is 0 Å². The summed E-state index contributed by atoms with van der Waals surface area (Å²) in [5.41, 5.74) is 0.584. The van der Waals surface area contributed by atoms with Crippen molar-refractivity contribution in [3.05, 3.63) is 41.2 Å². The molecule has 0 aliphatic carbocycles. The molecule has 5 heteroatoms. The molecular weight excluding hydrogens is 245 g/mol. The standard InChI is InChI=1S/C11H10FNOS2/c1-7(14)8-2-3-10(9(12)6-8)16-11-13-4-5-15-11/h2-7,14H,1H3/t7-/m0/s1. The third kappa shape index (κ3) is 2.61. The predicted molar refractivity (Wildman–Crippen MR) is 63.3 cm³/mol. The summed E-state index contributed by atoms with van der Waals surface area (Å²) in [6, 6.07) is 4.76. The van der Waals surface area contributed by atoms with Crippen LogP contribution >= 0.6 is 23.1 Å². The molecule has 0 radical (unpaired) electrons. The van der Waals surface area contributed by atoms with Crippen molar-refractivity contribution in [3.63, 3.8) is 0 Å². The molecule has 0 saturated heterocycles. The van der Waals surface area contributed by atoms with Crippen LogP contribution in [0.5, 0.6) is 0 Å². The molecule has 0 aliphatic heterocycles. The predicted octanol–water partition coefficient (Wildman–Crippen LogP) is 3.49. The van der Waals surface area contributed by atoms with Crippen molar-refractivity contribution < 1.29 is 9.50 Å². The lowest BCUT2D eigenvalue weighted by atomic mass is 10.1. The monoisotopic (exact) mass is 255 g/mol. The molecule has 84 valence electrons. The summed E-state index contributed by atoms with van der Waals surface area (Å²) in [6.07, 6.45) is 1.04. The van der Waals surface area contributed by atoms with E-state index < -0.39 is 6.10 Å². The maximum Gasteiger partial charge on any atom is 0.154 e. The molecule has 1 N–H and O–H groups in total. The molecule has 0 bridgehead atoms. The van der Waals surface area contributed by atoms with Gasteiger partial charge < -0.3 is 5.11 Å². The van der Waals surface area contributed by atoms with Gasteiger partial charge in [-0.25, -0.2) is 9.37 Å². The highest BCUT2D eigenvalue weighted by atomic mass is 32.2. The summed E-state index contributed by atoms with van der Waals surface area (Å²) in [6.45, 7) is 1.61. The Hall–Kier alpha value is -0.910. The SMILES string of the molecule is C[C@H](O)c1ccc(Sc2nccs2)c(F)c1. The average molecular weight is 255 g/mol. The van der Waals surface area contributed by atoms with Crippen LogP contribution in [0.25, 0.3) is 0 Å². The van der Waals surface area contributed by atoms with Gasteiger partial charge in [0.15, 0.2) is 4.34 Å². The van der Waals surface area contributed by atoms with E-state index in [-0.39, 0.29) is 5.82 Å². The van der Waals surface area contributed by atoms with Crippen LogP contribution in [0, 0.1) is 5.82 Å². The minimum atomic E-state index is -0.645. The Morgan fingerprint density at radius 3 is 2.88 bits per heavy atom. The largest absolute Gasteiger partial charge is 0.389 e. The van der Waals surface area contributed by atoms with Crippen LogP contribution in [0.4, 0.5) is 4.39 Å². The normalized spacial score (nSPS) is 12.7. The van der Waals surface area contributed by atoms with Crippen LogP contribution in [0.2, 0.25) is 0 Å². The Balaban J connectivity index is 2.23. The van der Waals surface area contributed by atoms with E-state index in [2.05, 4.69) is 4.98 Å². The Bertz CT molecular complexity index is 471. The molecule has 16 heavy (non-hydrogen) atoms. The van der Waals surface area contributed by atoms with Crippen LogP contribution in [0.1, 0.15) is 18.6 Å². The number of hydrogen-bond donors (Lipinski definition) is 1. The third-order valence-electron chi connectivity index (χ3n) is 2.05. The van der Waals surface area contributed by atoms with Crippen molar-refractivity contribution in [2.75, 3.05) is 0 Å². The second kappa shape index (κ2) is 4.95. The van der Waals surface area contributed by atoms with E-state index in [1.807, 2.05) is 5.38 Å². The van der Waals surface area contributed by atoms with Crippen molar-refractivity contribution in [2.24, 2.45) is 0 Å². The van der Waals surface area contributed by atoms with E-state index in [4.69, 9.17) is 0 Å². The third-order valence-corrected chi connectivity index (χ3v) is 3.98. The van der Waals surface area contributed by atoms with Gasteiger partial charge in [-0.05, 0) is 24.6 Å². The van der Waals surface area contributed by atoms with Gasteiger partial charge in [-0.15, -0.1) is 11.3 Å². The first-order chi connectivity index (χ1) is 7.66. The molecule has 0 fully saturated rings. The molecule has 1 atom stereocenters.